The summed E-state index contributed by atoms with van der Waals surface area (Å²) in [6.45, 7) is 6.46. The van der Waals surface area contributed by atoms with E-state index in [0.717, 1.165) is 70.6 Å². The summed E-state index contributed by atoms with van der Waals surface area (Å²) in [5.41, 5.74) is 0. The fraction of sp³-hybridized carbons (Fsp3) is 0.734. The standard InChI is InChI=1S/C64H110O6/c1-4-7-10-13-16-19-22-25-27-29-31-32-33-35-36-39-42-45-48-51-54-57-63(66)69-60-61(59-68-62(65)56-53-50-47-44-41-38-24-21-18-15-12-9-6-3)70-64(67)58-55-52-49-46-43-40-37-34-30-28-26-23-20-17-14-11-8-5-2/h9,12,18,21-22,25,28-31,38,41,47,50,61H,4-8,10-11,13-17,19-20,23-24,26-27,32-37,39-40,42-46,48-49,51-60H2,1-3H3/b12-9-,21-18-,25-22-,30-28-,31-29-,41-38-,50-47-. The van der Waals surface area contributed by atoms with Crippen LogP contribution >= 0.6 is 0 Å². The second-order valence-corrected chi connectivity index (χ2v) is 19.5. The van der Waals surface area contributed by atoms with Gasteiger partial charge in [-0.3, -0.25) is 14.4 Å². The maximum atomic E-state index is 12.9. The van der Waals surface area contributed by atoms with Crippen LogP contribution in [0.15, 0.2) is 85.1 Å². The van der Waals surface area contributed by atoms with Crippen molar-refractivity contribution in [2.75, 3.05) is 13.2 Å². The molecule has 1 atom stereocenters. The molecule has 0 radical (unpaired) electrons. The van der Waals surface area contributed by atoms with Crippen LogP contribution in [0.2, 0.25) is 0 Å². The highest BCUT2D eigenvalue weighted by Crippen LogP contribution is 2.15. The van der Waals surface area contributed by atoms with Crippen molar-refractivity contribution in [2.24, 2.45) is 0 Å². The third kappa shape index (κ3) is 55.5. The smallest absolute Gasteiger partial charge is 0.306 e. The van der Waals surface area contributed by atoms with Gasteiger partial charge >= 0.3 is 17.9 Å². The van der Waals surface area contributed by atoms with Crippen LogP contribution in [0.5, 0.6) is 0 Å². The van der Waals surface area contributed by atoms with Crippen LogP contribution in [0.4, 0.5) is 0 Å². The van der Waals surface area contributed by atoms with Gasteiger partial charge in [0.1, 0.15) is 13.2 Å². The molecule has 70 heavy (non-hydrogen) atoms. The summed E-state index contributed by atoms with van der Waals surface area (Å²) in [4.78, 5) is 38.1. The predicted octanol–water partition coefficient (Wildman–Crippen LogP) is 19.9. The van der Waals surface area contributed by atoms with Crippen LogP contribution in [-0.4, -0.2) is 37.2 Å². The number of allylic oxidation sites excluding steroid dienone is 14. The van der Waals surface area contributed by atoms with Gasteiger partial charge in [0.25, 0.3) is 0 Å². The van der Waals surface area contributed by atoms with Gasteiger partial charge in [0, 0.05) is 19.3 Å². The molecule has 0 aliphatic carbocycles. The van der Waals surface area contributed by atoms with Crippen molar-refractivity contribution in [3.63, 3.8) is 0 Å². The number of hydrogen-bond acceptors (Lipinski definition) is 6. The zero-order valence-corrected chi connectivity index (χ0v) is 46.0. The Kier molecular flexibility index (Phi) is 55.3. The van der Waals surface area contributed by atoms with Gasteiger partial charge in [0.15, 0.2) is 6.10 Å². The molecule has 0 aromatic heterocycles. The molecule has 0 saturated carbocycles. The zero-order valence-electron chi connectivity index (χ0n) is 46.0. The summed E-state index contributed by atoms with van der Waals surface area (Å²) in [6, 6.07) is 0. The highest BCUT2D eigenvalue weighted by molar-refractivity contribution is 5.71. The number of rotatable bonds is 53. The molecule has 0 spiro atoms. The molecule has 0 aromatic rings. The van der Waals surface area contributed by atoms with Crippen molar-refractivity contribution in [3.8, 4) is 0 Å². The highest BCUT2D eigenvalue weighted by atomic mass is 16.6. The van der Waals surface area contributed by atoms with Crippen LogP contribution in [0, 0.1) is 0 Å². The van der Waals surface area contributed by atoms with Crippen molar-refractivity contribution in [2.45, 2.75) is 290 Å². The summed E-state index contributed by atoms with van der Waals surface area (Å²) < 4.78 is 16.8. The number of carbonyl (C=O) groups excluding carboxylic acids is 3. The molecular formula is C64H110O6. The molecule has 0 bridgehead atoms. The van der Waals surface area contributed by atoms with Gasteiger partial charge in [0.05, 0.1) is 0 Å². The van der Waals surface area contributed by atoms with E-state index in [2.05, 4.69) is 99.8 Å². The molecule has 0 N–H and O–H groups in total. The van der Waals surface area contributed by atoms with Crippen LogP contribution in [0.3, 0.4) is 0 Å². The molecule has 0 rings (SSSR count). The molecule has 0 aliphatic heterocycles. The first-order chi connectivity index (χ1) is 34.5. The lowest BCUT2D eigenvalue weighted by Crippen LogP contribution is -2.30. The van der Waals surface area contributed by atoms with E-state index in [1.165, 1.54) is 167 Å². The summed E-state index contributed by atoms with van der Waals surface area (Å²) in [6.07, 6.45) is 75.9. The second-order valence-electron chi connectivity index (χ2n) is 19.5. The SMILES string of the molecule is CC/C=C\C/C=C\C/C=C\C/C=C\CCC(=O)OCC(COC(=O)CCCCCCCCCCC/C=C\C/C=C\CCCCCCC)OC(=O)CCCCCCCCC/C=C\CCCCCCCCC. The quantitative estimate of drug-likeness (QED) is 0.0261. The summed E-state index contributed by atoms with van der Waals surface area (Å²) in [5, 5.41) is 0. The Morgan fingerprint density at radius 3 is 0.971 bits per heavy atom. The van der Waals surface area contributed by atoms with Crippen LogP contribution < -0.4 is 0 Å². The second kappa shape index (κ2) is 58.2. The molecule has 0 aliphatic rings. The summed E-state index contributed by atoms with van der Waals surface area (Å²) >= 11 is 0. The Bertz CT molecular complexity index is 1350. The minimum atomic E-state index is -0.810. The fourth-order valence-corrected chi connectivity index (χ4v) is 8.19. The first-order valence-electron chi connectivity index (χ1n) is 29.6. The molecule has 0 saturated heterocycles. The van der Waals surface area contributed by atoms with E-state index in [1.54, 1.807) is 0 Å². The molecule has 6 nitrogen and oxygen atoms in total. The molecule has 0 aromatic carbocycles. The van der Waals surface area contributed by atoms with Gasteiger partial charge in [-0.1, -0.05) is 247 Å². The number of hydrogen-bond donors (Lipinski definition) is 0. The minimum Gasteiger partial charge on any atom is -0.462 e. The molecule has 0 amide bonds. The highest BCUT2D eigenvalue weighted by Gasteiger charge is 2.19. The van der Waals surface area contributed by atoms with E-state index in [4.69, 9.17) is 14.2 Å². The molecule has 1 unspecified atom stereocenters. The summed E-state index contributed by atoms with van der Waals surface area (Å²) in [7, 11) is 0. The Morgan fingerprint density at radius 2 is 0.586 bits per heavy atom. The normalized spacial score (nSPS) is 12.7. The predicted molar refractivity (Wildman–Crippen MR) is 302 cm³/mol. The molecule has 0 fully saturated rings. The van der Waals surface area contributed by atoms with Crippen LogP contribution in [0.1, 0.15) is 284 Å². The van der Waals surface area contributed by atoms with Crippen LogP contribution in [0.25, 0.3) is 0 Å². The average molecular weight is 976 g/mol. The monoisotopic (exact) mass is 975 g/mol. The third-order valence-electron chi connectivity index (χ3n) is 12.6. The topological polar surface area (TPSA) is 78.9 Å². The van der Waals surface area contributed by atoms with Crippen molar-refractivity contribution < 1.29 is 28.6 Å². The molecule has 402 valence electrons. The van der Waals surface area contributed by atoms with Gasteiger partial charge in [0.2, 0.25) is 0 Å². The lowest BCUT2D eigenvalue weighted by molar-refractivity contribution is -0.166. The van der Waals surface area contributed by atoms with Crippen molar-refractivity contribution in [3.05, 3.63) is 85.1 Å². The van der Waals surface area contributed by atoms with Crippen molar-refractivity contribution >= 4 is 17.9 Å². The number of carbonyl (C=O) groups is 3. The maximum absolute atomic E-state index is 12.9. The van der Waals surface area contributed by atoms with E-state index in [-0.39, 0.29) is 37.5 Å². The first kappa shape index (κ1) is 66.6. The van der Waals surface area contributed by atoms with Crippen LogP contribution in [-0.2, 0) is 28.6 Å². The third-order valence-corrected chi connectivity index (χ3v) is 12.6. The summed E-state index contributed by atoms with van der Waals surface area (Å²) in [5.74, 6) is -0.989. The van der Waals surface area contributed by atoms with E-state index in [9.17, 15) is 14.4 Å². The maximum Gasteiger partial charge on any atom is 0.306 e. The number of esters is 3. The Labute approximate surface area is 433 Å². The average Bonchev–Trinajstić information content (AvgIpc) is 3.36. The zero-order chi connectivity index (χ0) is 50.7. The van der Waals surface area contributed by atoms with Gasteiger partial charge in [-0.05, 0) is 103 Å². The van der Waals surface area contributed by atoms with E-state index < -0.39 is 6.10 Å². The van der Waals surface area contributed by atoms with E-state index >= 15 is 0 Å². The number of ether oxygens (including phenoxy) is 3. The molecule has 0 heterocycles. The number of unbranched alkanes of at least 4 members (excludes halogenated alkanes) is 28. The molecule has 6 heteroatoms. The van der Waals surface area contributed by atoms with Crippen molar-refractivity contribution in [1.29, 1.82) is 0 Å². The Morgan fingerprint density at radius 1 is 0.300 bits per heavy atom. The van der Waals surface area contributed by atoms with E-state index in [0.29, 0.717) is 19.3 Å². The molecular weight excluding hydrogens is 865 g/mol. The largest absolute Gasteiger partial charge is 0.462 e. The van der Waals surface area contributed by atoms with Gasteiger partial charge in [-0.15, -0.1) is 0 Å². The van der Waals surface area contributed by atoms with Gasteiger partial charge in [-0.2, -0.15) is 0 Å². The van der Waals surface area contributed by atoms with Gasteiger partial charge in [-0.25, -0.2) is 0 Å². The Balaban J connectivity index is 4.41. The lowest BCUT2D eigenvalue weighted by atomic mass is 10.1. The Hall–Kier alpha value is -3.41. The van der Waals surface area contributed by atoms with E-state index in [1.807, 2.05) is 6.08 Å². The first-order valence-corrected chi connectivity index (χ1v) is 29.6. The minimum absolute atomic E-state index is 0.102. The fourth-order valence-electron chi connectivity index (χ4n) is 8.19. The lowest BCUT2D eigenvalue weighted by Gasteiger charge is -2.18. The van der Waals surface area contributed by atoms with Crippen molar-refractivity contribution in [1.82, 2.24) is 0 Å². The van der Waals surface area contributed by atoms with Gasteiger partial charge < -0.3 is 14.2 Å².